The van der Waals surface area contributed by atoms with E-state index in [1.54, 1.807) is 4.90 Å². The quantitative estimate of drug-likeness (QED) is 0.752. The maximum Gasteiger partial charge on any atom is 0.244 e. The van der Waals surface area contributed by atoms with Crippen molar-refractivity contribution < 1.29 is 14.3 Å². The zero-order valence-electron chi connectivity index (χ0n) is 12.1. The molecule has 0 bridgehead atoms. The summed E-state index contributed by atoms with van der Waals surface area (Å²) in [6.45, 7) is 1.35. The van der Waals surface area contributed by atoms with Crippen molar-refractivity contribution in [3.63, 3.8) is 0 Å². The molecule has 0 spiro atoms. The van der Waals surface area contributed by atoms with E-state index in [0.29, 0.717) is 24.8 Å². The van der Waals surface area contributed by atoms with Crippen LogP contribution in [0.25, 0.3) is 0 Å². The standard InChI is InChI=1S/C13H16N6O3/c1-21-11-4-14-5-12(17-11)22-10-2-3-18(6-10)13(20)7-19-9-15-8-16-19/h4-5,8-10H,2-3,6-7H2,1H3. The van der Waals surface area contributed by atoms with Crippen molar-refractivity contribution in [3.8, 4) is 11.8 Å². The van der Waals surface area contributed by atoms with Gasteiger partial charge in [-0.15, -0.1) is 0 Å². The van der Waals surface area contributed by atoms with Gasteiger partial charge in [-0.25, -0.2) is 9.67 Å². The van der Waals surface area contributed by atoms with Crippen molar-refractivity contribution in [1.29, 1.82) is 0 Å². The van der Waals surface area contributed by atoms with Crippen LogP contribution in [-0.4, -0.2) is 61.8 Å². The second-order valence-electron chi connectivity index (χ2n) is 4.86. The van der Waals surface area contributed by atoms with Gasteiger partial charge in [-0.3, -0.25) is 9.78 Å². The first-order chi connectivity index (χ1) is 10.7. The minimum absolute atomic E-state index is 0.00618. The molecular weight excluding hydrogens is 288 g/mol. The Balaban J connectivity index is 1.54. The molecule has 1 unspecified atom stereocenters. The zero-order chi connectivity index (χ0) is 15.4. The highest BCUT2D eigenvalue weighted by molar-refractivity contribution is 5.76. The minimum Gasteiger partial charge on any atom is -0.480 e. The van der Waals surface area contributed by atoms with E-state index >= 15 is 0 Å². The van der Waals surface area contributed by atoms with Gasteiger partial charge in [0.15, 0.2) is 0 Å². The number of likely N-dealkylation sites (tertiary alicyclic amines) is 1. The fourth-order valence-electron chi connectivity index (χ4n) is 2.26. The van der Waals surface area contributed by atoms with Gasteiger partial charge in [0.05, 0.1) is 26.0 Å². The molecular formula is C13H16N6O3. The molecule has 9 heteroatoms. The zero-order valence-corrected chi connectivity index (χ0v) is 12.1. The number of ether oxygens (including phenoxy) is 2. The van der Waals surface area contributed by atoms with Crippen LogP contribution >= 0.6 is 0 Å². The summed E-state index contributed by atoms with van der Waals surface area (Å²) < 4.78 is 12.3. The molecule has 1 atom stereocenters. The Morgan fingerprint density at radius 1 is 1.36 bits per heavy atom. The van der Waals surface area contributed by atoms with Gasteiger partial charge in [0, 0.05) is 13.0 Å². The third-order valence-corrected chi connectivity index (χ3v) is 3.35. The van der Waals surface area contributed by atoms with Crippen LogP contribution in [0.3, 0.4) is 0 Å². The highest BCUT2D eigenvalue weighted by Gasteiger charge is 2.28. The second kappa shape index (κ2) is 6.37. The molecule has 0 radical (unpaired) electrons. The van der Waals surface area contributed by atoms with Crippen LogP contribution in [0, 0.1) is 0 Å². The number of carbonyl (C=O) groups excluding carboxylic acids is 1. The number of rotatable bonds is 5. The lowest BCUT2D eigenvalue weighted by Crippen LogP contribution is -2.33. The molecule has 0 aliphatic carbocycles. The molecule has 0 N–H and O–H groups in total. The van der Waals surface area contributed by atoms with Crippen molar-refractivity contribution >= 4 is 5.91 Å². The molecule has 1 aliphatic heterocycles. The summed E-state index contributed by atoms with van der Waals surface area (Å²) in [6, 6.07) is 0. The smallest absolute Gasteiger partial charge is 0.244 e. The topological polar surface area (TPSA) is 95.3 Å². The van der Waals surface area contributed by atoms with Crippen molar-refractivity contribution in [2.45, 2.75) is 19.1 Å². The van der Waals surface area contributed by atoms with E-state index in [9.17, 15) is 4.79 Å². The number of aromatic nitrogens is 5. The van der Waals surface area contributed by atoms with Gasteiger partial charge in [-0.2, -0.15) is 10.1 Å². The van der Waals surface area contributed by atoms with Crippen LogP contribution in [0.5, 0.6) is 11.8 Å². The number of methoxy groups -OCH3 is 1. The summed E-state index contributed by atoms with van der Waals surface area (Å²) >= 11 is 0. The molecule has 1 saturated heterocycles. The van der Waals surface area contributed by atoms with Crippen molar-refractivity contribution in [2.75, 3.05) is 20.2 Å². The molecule has 0 aromatic carbocycles. The first kappa shape index (κ1) is 14.2. The highest BCUT2D eigenvalue weighted by atomic mass is 16.5. The molecule has 116 valence electrons. The Hall–Kier alpha value is -2.71. The molecule has 0 saturated carbocycles. The average Bonchev–Trinajstić information content (AvgIpc) is 3.19. The molecule has 1 amide bonds. The lowest BCUT2D eigenvalue weighted by atomic mass is 10.3. The van der Waals surface area contributed by atoms with Crippen LogP contribution in [0.15, 0.2) is 25.0 Å². The maximum atomic E-state index is 12.1. The lowest BCUT2D eigenvalue weighted by Gasteiger charge is -2.16. The summed E-state index contributed by atoms with van der Waals surface area (Å²) in [6.07, 6.45) is 6.62. The van der Waals surface area contributed by atoms with Gasteiger partial charge < -0.3 is 14.4 Å². The minimum atomic E-state index is -0.0962. The fourth-order valence-corrected chi connectivity index (χ4v) is 2.26. The lowest BCUT2D eigenvalue weighted by molar-refractivity contribution is -0.131. The van der Waals surface area contributed by atoms with Crippen LogP contribution in [-0.2, 0) is 11.3 Å². The van der Waals surface area contributed by atoms with Crippen molar-refractivity contribution in [3.05, 3.63) is 25.0 Å². The Bertz CT molecular complexity index is 632. The highest BCUT2D eigenvalue weighted by Crippen LogP contribution is 2.18. The predicted octanol–water partition coefficient (Wildman–Crippen LogP) is -0.243. The third kappa shape index (κ3) is 3.30. The summed E-state index contributed by atoms with van der Waals surface area (Å²) in [5.74, 6) is 0.790. The largest absolute Gasteiger partial charge is 0.480 e. The van der Waals surface area contributed by atoms with Crippen LogP contribution in [0.1, 0.15) is 6.42 Å². The van der Waals surface area contributed by atoms with E-state index in [-0.39, 0.29) is 18.6 Å². The van der Waals surface area contributed by atoms with E-state index in [1.807, 2.05) is 0 Å². The fraction of sp³-hybridized carbons (Fsp3) is 0.462. The summed E-state index contributed by atoms with van der Waals surface area (Å²) in [7, 11) is 1.52. The Kier molecular flexibility index (Phi) is 4.12. The molecule has 2 aromatic heterocycles. The van der Waals surface area contributed by atoms with Gasteiger partial charge in [-0.1, -0.05) is 0 Å². The Morgan fingerprint density at radius 2 is 2.23 bits per heavy atom. The maximum absolute atomic E-state index is 12.1. The van der Waals surface area contributed by atoms with E-state index in [0.717, 1.165) is 6.42 Å². The SMILES string of the molecule is COc1cncc(OC2CCN(C(=O)Cn3cncn3)C2)n1. The Morgan fingerprint density at radius 3 is 3.00 bits per heavy atom. The average molecular weight is 304 g/mol. The van der Waals surface area contributed by atoms with Gasteiger partial charge in [0.2, 0.25) is 17.7 Å². The molecule has 1 aliphatic rings. The van der Waals surface area contributed by atoms with E-state index in [2.05, 4.69) is 20.1 Å². The summed E-state index contributed by atoms with van der Waals surface area (Å²) in [4.78, 5) is 25.9. The second-order valence-corrected chi connectivity index (χ2v) is 4.86. The molecule has 3 rings (SSSR count). The molecule has 1 fully saturated rings. The van der Waals surface area contributed by atoms with Crippen LogP contribution in [0.4, 0.5) is 0 Å². The molecule has 2 aromatic rings. The number of hydrogen-bond acceptors (Lipinski definition) is 7. The Labute approximate surface area is 126 Å². The summed E-state index contributed by atoms with van der Waals surface area (Å²) in [5, 5.41) is 3.93. The monoisotopic (exact) mass is 304 g/mol. The van der Waals surface area contributed by atoms with E-state index < -0.39 is 0 Å². The molecule has 9 nitrogen and oxygen atoms in total. The van der Waals surface area contributed by atoms with E-state index in [4.69, 9.17) is 9.47 Å². The first-order valence-corrected chi connectivity index (χ1v) is 6.87. The van der Waals surface area contributed by atoms with Crippen molar-refractivity contribution in [1.82, 2.24) is 29.6 Å². The number of carbonyl (C=O) groups is 1. The van der Waals surface area contributed by atoms with Crippen LogP contribution in [0.2, 0.25) is 0 Å². The number of hydrogen-bond donors (Lipinski definition) is 0. The third-order valence-electron chi connectivity index (χ3n) is 3.35. The molecule has 22 heavy (non-hydrogen) atoms. The number of amides is 1. The normalized spacial score (nSPS) is 17.5. The van der Waals surface area contributed by atoms with Gasteiger partial charge in [-0.05, 0) is 0 Å². The summed E-state index contributed by atoms with van der Waals surface area (Å²) in [5.41, 5.74) is 0. The molecule has 3 heterocycles. The van der Waals surface area contributed by atoms with Gasteiger partial charge in [0.25, 0.3) is 0 Å². The first-order valence-electron chi connectivity index (χ1n) is 6.87. The van der Waals surface area contributed by atoms with E-state index in [1.165, 1.54) is 36.8 Å². The van der Waals surface area contributed by atoms with Crippen molar-refractivity contribution in [2.24, 2.45) is 0 Å². The van der Waals surface area contributed by atoms with Gasteiger partial charge >= 0.3 is 0 Å². The predicted molar refractivity (Wildman–Crippen MR) is 74.2 cm³/mol. The number of nitrogens with zero attached hydrogens (tertiary/aromatic N) is 6. The van der Waals surface area contributed by atoms with Crippen LogP contribution < -0.4 is 9.47 Å². The van der Waals surface area contributed by atoms with Gasteiger partial charge in [0.1, 0.15) is 25.3 Å².